The van der Waals surface area contributed by atoms with E-state index in [0.29, 0.717) is 13.2 Å². The quantitative estimate of drug-likeness (QED) is 0.761. The van der Waals surface area contributed by atoms with Crippen molar-refractivity contribution in [2.24, 2.45) is 0 Å². The molecule has 0 radical (unpaired) electrons. The predicted octanol–water partition coefficient (Wildman–Crippen LogP) is 3.02. The molecule has 3 rings (SSSR count). The third-order valence-corrected chi connectivity index (χ3v) is 4.92. The van der Waals surface area contributed by atoms with Crippen LogP contribution in [0.3, 0.4) is 0 Å². The zero-order chi connectivity index (χ0) is 18.4. The van der Waals surface area contributed by atoms with Gasteiger partial charge in [-0.25, -0.2) is 0 Å². The fourth-order valence-corrected chi connectivity index (χ4v) is 3.61. The molecular formula is C21H30N2O3. The Bertz CT molecular complexity index is 651. The first-order valence-electron chi connectivity index (χ1n) is 9.80. The number of carbonyl (C=O) groups is 1. The van der Waals surface area contributed by atoms with E-state index in [2.05, 4.69) is 17.1 Å². The van der Waals surface area contributed by atoms with Crippen LogP contribution in [0.1, 0.15) is 44.2 Å². The molecule has 0 aromatic heterocycles. The van der Waals surface area contributed by atoms with Crippen LogP contribution in [0.15, 0.2) is 18.2 Å². The van der Waals surface area contributed by atoms with Gasteiger partial charge in [0.25, 0.3) is 0 Å². The molecule has 2 aliphatic rings. The van der Waals surface area contributed by atoms with Gasteiger partial charge in [0.1, 0.15) is 17.6 Å². The highest BCUT2D eigenvalue weighted by molar-refractivity contribution is 5.92. The van der Waals surface area contributed by atoms with Crippen molar-refractivity contribution >= 4 is 12.0 Å². The van der Waals surface area contributed by atoms with Crippen LogP contribution in [-0.4, -0.2) is 49.7 Å². The van der Waals surface area contributed by atoms with Gasteiger partial charge in [0.05, 0.1) is 6.61 Å². The zero-order valence-electron chi connectivity index (χ0n) is 15.9. The molecule has 1 N–H and O–H groups in total. The van der Waals surface area contributed by atoms with Gasteiger partial charge in [0, 0.05) is 36.7 Å². The summed E-state index contributed by atoms with van der Waals surface area (Å²) in [7, 11) is 0. The van der Waals surface area contributed by atoms with Gasteiger partial charge in [-0.2, -0.15) is 0 Å². The van der Waals surface area contributed by atoms with Gasteiger partial charge in [-0.15, -0.1) is 0 Å². The average Bonchev–Trinajstić information content (AvgIpc) is 3.00. The summed E-state index contributed by atoms with van der Waals surface area (Å²) in [5.74, 6) is 1.63. The lowest BCUT2D eigenvalue weighted by atomic mass is 10.1. The summed E-state index contributed by atoms with van der Waals surface area (Å²) in [4.78, 5) is 14.5. The average molecular weight is 358 g/mol. The molecule has 1 aromatic rings. The Morgan fingerprint density at radius 1 is 1.35 bits per heavy atom. The fraction of sp³-hybridized carbons (Fsp3) is 0.571. The number of ether oxygens (including phenoxy) is 2. The number of piperidine rings is 1. The molecule has 1 saturated heterocycles. The van der Waals surface area contributed by atoms with Crippen molar-refractivity contribution in [2.45, 2.75) is 45.6 Å². The number of hydrogen-bond donors (Lipinski definition) is 1. The lowest BCUT2D eigenvalue weighted by molar-refractivity contribution is -0.116. The molecule has 0 saturated carbocycles. The molecule has 5 heteroatoms. The molecule has 1 amide bonds. The molecule has 2 aliphatic heterocycles. The van der Waals surface area contributed by atoms with Crippen LogP contribution in [0.25, 0.3) is 6.08 Å². The molecule has 2 heterocycles. The van der Waals surface area contributed by atoms with E-state index in [4.69, 9.17) is 9.47 Å². The summed E-state index contributed by atoms with van der Waals surface area (Å²) in [6.45, 7) is 8.53. The monoisotopic (exact) mass is 358 g/mol. The Morgan fingerprint density at radius 2 is 2.15 bits per heavy atom. The second-order valence-electron chi connectivity index (χ2n) is 7.09. The van der Waals surface area contributed by atoms with Gasteiger partial charge in [0.15, 0.2) is 0 Å². The maximum Gasteiger partial charge on any atom is 0.244 e. The molecule has 0 spiro atoms. The predicted molar refractivity (Wildman–Crippen MR) is 104 cm³/mol. The van der Waals surface area contributed by atoms with Gasteiger partial charge in [0.2, 0.25) is 5.91 Å². The van der Waals surface area contributed by atoms with E-state index < -0.39 is 0 Å². The Morgan fingerprint density at radius 3 is 2.92 bits per heavy atom. The number of nitrogens with zero attached hydrogens (tertiary/aromatic N) is 1. The minimum atomic E-state index is -0.0701. The van der Waals surface area contributed by atoms with Crippen molar-refractivity contribution in [1.29, 1.82) is 0 Å². The third-order valence-electron chi connectivity index (χ3n) is 4.92. The molecule has 1 unspecified atom stereocenters. The molecule has 1 aromatic carbocycles. The first-order chi connectivity index (χ1) is 12.7. The van der Waals surface area contributed by atoms with Crippen molar-refractivity contribution in [3.8, 4) is 11.5 Å². The first kappa shape index (κ1) is 18.8. The Labute approximate surface area is 156 Å². The van der Waals surface area contributed by atoms with Crippen LogP contribution < -0.4 is 14.8 Å². The lowest BCUT2D eigenvalue weighted by Crippen LogP contribution is -2.37. The zero-order valence-corrected chi connectivity index (χ0v) is 15.9. The van der Waals surface area contributed by atoms with Gasteiger partial charge in [-0.3, -0.25) is 4.79 Å². The van der Waals surface area contributed by atoms with E-state index >= 15 is 0 Å². The van der Waals surface area contributed by atoms with Gasteiger partial charge >= 0.3 is 0 Å². The maximum absolute atomic E-state index is 12.1. The number of nitrogens with one attached hydrogen (secondary N) is 1. The standard InChI is InChI=1S/C21H30N2O3/c1-3-25-19-15-18-13-16(2)26-20(18)14-17(19)7-8-21(24)22-9-12-23-10-5-4-6-11-23/h7-8,14-16H,3-6,9-13H2,1-2H3,(H,22,24). The van der Waals surface area contributed by atoms with Crippen LogP contribution in [0, 0.1) is 0 Å². The van der Waals surface area contributed by atoms with E-state index in [-0.39, 0.29) is 12.0 Å². The summed E-state index contributed by atoms with van der Waals surface area (Å²) >= 11 is 0. The Balaban J connectivity index is 1.56. The topological polar surface area (TPSA) is 50.8 Å². The number of carbonyl (C=O) groups excluding carboxylic acids is 1. The summed E-state index contributed by atoms with van der Waals surface area (Å²) < 4.78 is 11.6. The number of likely N-dealkylation sites (tertiary alicyclic amines) is 1. The van der Waals surface area contributed by atoms with E-state index in [1.165, 1.54) is 24.8 Å². The summed E-state index contributed by atoms with van der Waals surface area (Å²) in [5.41, 5.74) is 2.05. The molecule has 1 fully saturated rings. The van der Waals surface area contributed by atoms with E-state index in [0.717, 1.165) is 43.1 Å². The number of hydrogen-bond acceptors (Lipinski definition) is 4. The summed E-state index contributed by atoms with van der Waals surface area (Å²) in [6, 6.07) is 4.01. The largest absolute Gasteiger partial charge is 0.493 e. The maximum atomic E-state index is 12.1. The second kappa shape index (κ2) is 9.08. The number of fused-ring (bicyclic) bond motifs is 1. The van der Waals surface area contributed by atoms with Crippen molar-refractivity contribution in [3.05, 3.63) is 29.3 Å². The lowest BCUT2D eigenvalue weighted by Gasteiger charge is -2.26. The fourth-order valence-electron chi connectivity index (χ4n) is 3.61. The van der Waals surface area contributed by atoms with Gasteiger partial charge in [-0.1, -0.05) is 6.42 Å². The van der Waals surface area contributed by atoms with Gasteiger partial charge < -0.3 is 19.7 Å². The minimum Gasteiger partial charge on any atom is -0.493 e. The number of benzene rings is 1. The Hall–Kier alpha value is -2.01. The van der Waals surface area contributed by atoms with Crippen molar-refractivity contribution in [2.75, 3.05) is 32.8 Å². The molecule has 0 aliphatic carbocycles. The second-order valence-corrected chi connectivity index (χ2v) is 7.09. The highest BCUT2D eigenvalue weighted by Crippen LogP contribution is 2.35. The van der Waals surface area contributed by atoms with Crippen LogP contribution >= 0.6 is 0 Å². The van der Waals surface area contributed by atoms with E-state index in [9.17, 15) is 4.79 Å². The smallest absolute Gasteiger partial charge is 0.244 e. The first-order valence-corrected chi connectivity index (χ1v) is 9.80. The summed E-state index contributed by atoms with van der Waals surface area (Å²) in [6.07, 6.45) is 8.36. The molecule has 5 nitrogen and oxygen atoms in total. The van der Waals surface area contributed by atoms with Crippen LogP contribution in [0.5, 0.6) is 11.5 Å². The van der Waals surface area contributed by atoms with Crippen LogP contribution in [0.2, 0.25) is 0 Å². The number of amides is 1. The van der Waals surface area contributed by atoms with E-state index in [1.807, 2.05) is 25.1 Å². The highest BCUT2D eigenvalue weighted by atomic mass is 16.5. The summed E-state index contributed by atoms with van der Waals surface area (Å²) in [5, 5.41) is 2.97. The van der Waals surface area contributed by atoms with Crippen molar-refractivity contribution in [1.82, 2.24) is 10.2 Å². The van der Waals surface area contributed by atoms with Crippen molar-refractivity contribution in [3.63, 3.8) is 0 Å². The molecule has 142 valence electrons. The minimum absolute atomic E-state index is 0.0701. The molecule has 26 heavy (non-hydrogen) atoms. The third kappa shape index (κ3) is 5.01. The van der Waals surface area contributed by atoms with Crippen LogP contribution in [-0.2, 0) is 11.2 Å². The molecule has 1 atom stereocenters. The van der Waals surface area contributed by atoms with Crippen LogP contribution in [0.4, 0.5) is 0 Å². The molecular weight excluding hydrogens is 328 g/mol. The normalized spacial score (nSPS) is 20.0. The van der Waals surface area contributed by atoms with Crippen molar-refractivity contribution < 1.29 is 14.3 Å². The van der Waals surface area contributed by atoms with Gasteiger partial charge in [-0.05, 0) is 58.0 Å². The Kier molecular flexibility index (Phi) is 6.56. The molecule has 0 bridgehead atoms. The highest BCUT2D eigenvalue weighted by Gasteiger charge is 2.21. The van der Waals surface area contributed by atoms with E-state index in [1.54, 1.807) is 6.08 Å². The number of rotatable bonds is 7. The SMILES string of the molecule is CCOc1cc2c(cc1C=CC(=O)NCCN1CCCCC1)OC(C)C2.